The van der Waals surface area contributed by atoms with E-state index in [1.54, 1.807) is 63.2 Å². The van der Waals surface area contributed by atoms with E-state index in [0.717, 1.165) is 16.5 Å². The van der Waals surface area contributed by atoms with Crippen molar-refractivity contribution in [3.05, 3.63) is 72.3 Å². The number of sulfonamides is 1. The van der Waals surface area contributed by atoms with Crippen LogP contribution in [-0.2, 0) is 14.8 Å². The largest absolute Gasteiger partial charge is 0.484 e. The molecule has 0 fully saturated rings. The number of ether oxygens (including phenoxy) is 1. The average molecular weight is 536 g/mol. The third kappa shape index (κ3) is 6.08. The van der Waals surface area contributed by atoms with E-state index in [0.29, 0.717) is 28.4 Å². The number of carbonyl (C=O) groups excluding carboxylic acids is 1. The van der Waals surface area contributed by atoms with E-state index in [9.17, 15) is 18.3 Å². The summed E-state index contributed by atoms with van der Waals surface area (Å²) in [5.74, 6) is 0.460. The third-order valence-corrected chi connectivity index (χ3v) is 7.58. The number of hydrogen-bond donors (Lipinski definition) is 4. The van der Waals surface area contributed by atoms with Crippen LogP contribution in [0, 0.1) is 6.92 Å². The Kier molecular flexibility index (Phi) is 7.63. The summed E-state index contributed by atoms with van der Waals surface area (Å²) in [6, 6.07) is 19.6. The second-order valence-electron chi connectivity index (χ2n) is 9.47. The molecule has 1 heterocycles. The molecule has 0 spiro atoms. The van der Waals surface area contributed by atoms with Crippen LogP contribution in [-0.4, -0.2) is 48.4 Å². The van der Waals surface area contributed by atoms with Crippen molar-refractivity contribution < 1.29 is 23.1 Å². The Labute approximate surface area is 220 Å². The number of aromatic nitrogens is 2. The molecule has 4 rings (SSSR count). The molecule has 3 aromatic carbocycles. The highest BCUT2D eigenvalue weighted by Gasteiger charge is 2.27. The van der Waals surface area contributed by atoms with Gasteiger partial charge in [-0.2, -0.15) is 0 Å². The minimum absolute atomic E-state index is 0.100. The highest BCUT2D eigenvalue weighted by molar-refractivity contribution is 7.89. The maximum Gasteiger partial charge on any atom is 0.255 e. The number of benzene rings is 3. The lowest BCUT2D eigenvalue weighted by Crippen LogP contribution is -2.46. The number of aliphatic hydroxyl groups is 1. The first-order valence-electron chi connectivity index (χ1n) is 11.8. The van der Waals surface area contributed by atoms with Gasteiger partial charge in [0, 0.05) is 22.0 Å². The van der Waals surface area contributed by atoms with Crippen LogP contribution in [0.25, 0.3) is 22.0 Å². The SMILES string of the molecule is Cc1ccc(-c2nnc(Nc3ccc(OCC(N)=O)cc3)c3ccccc23)cc1S(=O)(=O)NC(C)(C)CO. The predicted molar refractivity (Wildman–Crippen MR) is 146 cm³/mol. The van der Waals surface area contributed by atoms with E-state index in [2.05, 4.69) is 20.2 Å². The summed E-state index contributed by atoms with van der Waals surface area (Å²) in [7, 11) is -3.91. The molecule has 0 bridgehead atoms. The standard InChI is InChI=1S/C27H29N5O5S/c1-17-8-9-18(14-23(17)38(35,36)32-27(2,3)16-33)25-21-6-4-5-7-22(21)26(31-30-25)29-19-10-12-20(13-11-19)37-15-24(28)34/h4-14,32-33H,15-16H2,1-3H3,(H2,28,34)(H,29,31). The van der Waals surface area contributed by atoms with Crippen LogP contribution in [0.4, 0.5) is 11.5 Å². The number of hydrogen-bond acceptors (Lipinski definition) is 8. The number of aliphatic hydroxyl groups excluding tert-OH is 1. The van der Waals surface area contributed by atoms with Crippen LogP contribution in [0.1, 0.15) is 19.4 Å². The first-order valence-corrected chi connectivity index (χ1v) is 13.3. The zero-order chi connectivity index (χ0) is 27.5. The molecule has 198 valence electrons. The monoisotopic (exact) mass is 535 g/mol. The number of fused-ring (bicyclic) bond motifs is 1. The van der Waals surface area contributed by atoms with Crippen LogP contribution in [0.2, 0.25) is 0 Å². The molecule has 0 aliphatic heterocycles. The van der Waals surface area contributed by atoms with Crippen molar-refractivity contribution in [2.45, 2.75) is 31.2 Å². The lowest BCUT2D eigenvalue weighted by molar-refractivity contribution is -0.119. The Hall–Kier alpha value is -4.06. The summed E-state index contributed by atoms with van der Waals surface area (Å²) in [5.41, 5.74) is 6.50. The van der Waals surface area contributed by atoms with Crippen molar-refractivity contribution in [2.24, 2.45) is 5.73 Å². The molecule has 0 saturated heterocycles. The molecule has 0 atom stereocenters. The number of nitrogens with one attached hydrogen (secondary N) is 2. The number of nitrogens with zero attached hydrogens (tertiary/aromatic N) is 2. The van der Waals surface area contributed by atoms with Gasteiger partial charge < -0.3 is 20.9 Å². The molecule has 1 amide bonds. The molecular weight excluding hydrogens is 506 g/mol. The molecule has 0 unspecified atom stereocenters. The number of carbonyl (C=O) groups is 1. The Bertz CT molecular complexity index is 1590. The first kappa shape index (κ1) is 27.0. The molecule has 1 aromatic heterocycles. The van der Waals surface area contributed by atoms with Gasteiger partial charge in [-0.3, -0.25) is 4.79 Å². The third-order valence-electron chi connectivity index (χ3n) is 5.74. The maximum absolute atomic E-state index is 13.1. The number of anilines is 2. The van der Waals surface area contributed by atoms with Crippen LogP contribution < -0.4 is 20.5 Å². The van der Waals surface area contributed by atoms with E-state index in [1.807, 2.05) is 24.3 Å². The topological polar surface area (TPSA) is 157 Å². The zero-order valence-corrected chi connectivity index (χ0v) is 22.0. The molecule has 38 heavy (non-hydrogen) atoms. The number of aryl methyl sites for hydroxylation is 1. The molecule has 10 nitrogen and oxygen atoms in total. The van der Waals surface area contributed by atoms with E-state index >= 15 is 0 Å². The average Bonchev–Trinajstić information content (AvgIpc) is 2.88. The van der Waals surface area contributed by atoms with Gasteiger partial charge in [0.2, 0.25) is 10.0 Å². The van der Waals surface area contributed by atoms with Crippen LogP contribution >= 0.6 is 0 Å². The Morgan fingerprint density at radius 1 is 1.03 bits per heavy atom. The normalized spacial score (nSPS) is 11.9. The second kappa shape index (κ2) is 10.7. The van der Waals surface area contributed by atoms with Gasteiger partial charge in [0.25, 0.3) is 5.91 Å². The van der Waals surface area contributed by atoms with Crippen molar-refractivity contribution in [1.82, 2.24) is 14.9 Å². The van der Waals surface area contributed by atoms with Crippen molar-refractivity contribution >= 4 is 38.2 Å². The van der Waals surface area contributed by atoms with Gasteiger partial charge >= 0.3 is 0 Å². The molecular formula is C27H29N5O5S. The van der Waals surface area contributed by atoms with Gasteiger partial charge in [0.1, 0.15) is 11.4 Å². The predicted octanol–water partition coefficient (Wildman–Crippen LogP) is 3.26. The second-order valence-corrected chi connectivity index (χ2v) is 11.1. The van der Waals surface area contributed by atoms with Gasteiger partial charge in [-0.05, 0) is 56.7 Å². The lowest BCUT2D eigenvalue weighted by Gasteiger charge is -2.24. The van der Waals surface area contributed by atoms with E-state index in [4.69, 9.17) is 10.5 Å². The van der Waals surface area contributed by atoms with Crippen molar-refractivity contribution in [1.29, 1.82) is 0 Å². The first-order chi connectivity index (χ1) is 18.0. The van der Waals surface area contributed by atoms with Crippen molar-refractivity contribution in [2.75, 3.05) is 18.5 Å². The highest BCUT2D eigenvalue weighted by Crippen LogP contribution is 2.33. The Morgan fingerprint density at radius 3 is 2.37 bits per heavy atom. The molecule has 11 heteroatoms. The van der Waals surface area contributed by atoms with Gasteiger partial charge in [-0.1, -0.05) is 36.4 Å². The van der Waals surface area contributed by atoms with E-state index < -0.39 is 21.5 Å². The molecule has 4 aromatic rings. The van der Waals surface area contributed by atoms with Crippen LogP contribution in [0.15, 0.2) is 71.6 Å². The number of primary amides is 1. The summed E-state index contributed by atoms with van der Waals surface area (Å²) in [6.45, 7) is 4.37. The van der Waals surface area contributed by atoms with Crippen LogP contribution in [0.5, 0.6) is 5.75 Å². The van der Waals surface area contributed by atoms with Gasteiger partial charge in [-0.15, -0.1) is 10.2 Å². The quantitative estimate of drug-likeness (QED) is 0.241. The minimum Gasteiger partial charge on any atom is -0.484 e. The fourth-order valence-corrected chi connectivity index (χ4v) is 5.50. The number of amides is 1. The van der Waals surface area contributed by atoms with Crippen LogP contribution in [0.3, 0.4) is 0 Å². The summed E-state index contributed by atoms with van der Waals surface area (Å²) in [6.07, 6.45) is 0. The van der Waals surface area contributed by atoms with E-state index in [-0.39, 0.29) is 18.1 Å². The Morgan fingerprint density at radius 2 is 1.71 bits per heavy atom. The van der Waals surface area contributed by atoms with Gasteiger partial charge in [-0.25, -0.2) is 13.1 Å². The summed E-state index contributed by atoms with van der Waals surface area (Å²) < 4.78 is 34.1. The maximum atomic E-state index is 13.1. The van der Waals surface area contributed by atoms with E-state index in [1.165, 1.54) is 0 Å². The summed E-state index contributed by atoms with van der Waals surface area (Å²) in [4.78, 5) is 11.0. The molecule has 0 aliphatic carbocycles. The number of nitrogens with two attached hydrogens (primary N) is 1. The van der Waals surface area contributed by atoms with Gasteiger partial charge in [0.15, 0.2) is 12.4 Å². The molecule has 0 aliphatic rings. The lowest BCUT2D eigenvalue weighted by atomic mass is 10.0. The summed E-state index contributed by atoms with van der Waals surface area (Å²) >= 11 is 0. The molecule has 0 radical (unpaired) electrons. The highest BCUT2D eigenvalue weighted by atomic mass is 32.2. The Balaban J connectivity index is 1.69. The summed E-state index contributed by atoms with van der Waals surface area (Å²) in [5, 5.41) is 23.2. The number of rotatable bonds is 10. The van der Waals surface area contributed by atoms with Crippen molar-refractivity contribution in [3.63, 3.8) is 0 Å². The molecule has 0 saturated carbocycles. The van der Waals surface area contributed by atoms with Gasteiger partial charge in [0.05, 0.1) is 17.0 Å². The fourth-order valence-electron chi connectivity index (χ4n) is 3.82. The molecule has 5 N–H and O–H groups in total. The minimum atomic E-state index is -3.91. The van der Waals surface area contributed by atoms with Crippen molar-refractivity contribution in [3.8, 4) is 17.0 Å². The fraction of sp³-hybridized carbons (Fsp3) is 0.222. The zero-order valence-electron chi connectivity index (χ0n) is 21.2. The smallest absolute Gasteiger partial charge is 0.255 e.